The molecule has 0 saturated heterocycles. The van der Waals surface area contributed by atoms with Crippen molar-refractivity contribution in [1.29, 1.82) is 0 Å². The van der Waals surface area contributed by atoms with Crippen LogP contribution in [0.4, 0.5) is 0 Å². The molecule has 8 nitrogen and oxygen atoms in total. The minimum atomic E-state index is -0.738. The van der Waals surface area contributed by atoms with Gasteiger partial charge in [0.25, 0.3) is 5.56 Å². The molecule has 36 heavy (non-hydrogen) atoms. The topological polar surface area (TPSA) is 88.4 Å². The number of benzene rings is 2. The first-order valence-electron chi connectivity index (χ1n) is 11.5. The first-order valence-corrected chi connectivity index (χ1v) is 12.4. The number of thiazole rings is 1. The van der Waals surface area contributed by atoms with E-state index in [-0.39, 0.29) is 11.1 Å². The number of fused-ring (bicyclic) bond motifs is 1. The summed E-state index contributed by atoms with van der Waals surface area (Å²) < 4.78 is 23.9. The molecule has 0 bridgehead atoms. The maximum Gasteiger partial charge on any atom is 0.337 e. The Morgan fingerprint density at radius 2 is 1.81 bits per heavy atom. The van der Waals surface area contributed by atoms with E-state index in [9.17, 15) is 9.59 Å². The van der Waals surface area contributed by atoms with Crippen LogP contribution in [-0.2, 0) is 9.53 Å². The number of aromatic nitrogens is 1. The van der Waals surface area contributed by atoms with Gasteiger partial charge in [0.2, 0.25) is 0 Å². The van der Waals surface area contributed by atoms with Crippen molar-refractivity contribution < 1.29 is 23.7 Å². The molecular weight excluding hydrogens is 480 g/mol. The Morgan fingerprint density at radius 3 is 2.50 bits per heavy atom. The fraction of sp³-hybridized carbons (Fsp3) is 0.296. The molecule has 0 N–H and O–H groups in total. The summed E-state index contributed by atoms with van der Waals surface area (Å²) in [4.78, 5) is 31.3. The van der Waals surface area contributed by atoms with E-state index >= 15 is 0 Å². The molecule has 1 aromatic heterocycles. The molecule has 1 aliphatic heterocycles. The Hall–Kier alpha value is -3.85. The van der Waals surface area contributed by atoms with Crippen LogP contribution in [0.5, 0.6) is 17.2 Å². The van der Waals surface area contributed by atoms with Crippen molar-refractivity contribution in [3.63, 3.8) is 0 Å². The number of ether oxygens (including phenoxy) is 4. The Kier molecular flexibility index (Phi) is 7.59. The van der Waals surface area contributed by atoms with Crippen LogP contribution in [-0.4, -0.2) is 38.0 Å². The summed E-state index contributed by atoms with van der Waals surface area (Å²) in [6.45, 7) is 6.64. The molecule has 0 fully saturated rings. The van der Waals surface area contributed by atoms with Crippen molar-refractivity contribution >= 4 is 23.4 Å². The predicted octanol–water partition coefficient (Wildman–Crippen LogP) is 3.13. The summed E-state index contributed by atoms with van der Waals surface area (Å²) in [5.74, 6) is 1.30. The van der Waals surface area contributed by atoms with Crippen LogP contribution in [0, 0.1) is 6.92 Å². The van der Waals surface area contributed by atoms with Gasteiger partial charge in [0.1, 0.15) is 5.75 Å². The molecule has 0 amide bonds. The van der Waals surface area contributed by atoms with Gasteiger partial charge in [-0.3, -0.25) is 9.36 Å². The maximum absolute atomic E-state index is 13.7. The number of carbonyl (C=O) groups excluding carboxylic acids is 1. The van der Waals surface area contributed by atoms with E-state index in [0.29, 0.717) is 39.6 Å². The van der Waals surface area contributed by atoms with E-state index in [2.05, 4.69) is 4.99 Å². The number of aryl methyl sites for hydroxylation is 1. The average molecular weight is 509 g/mol. The largest absolute Gasteiger partial charge is 0.496 e. The van der Waals surface area contributed by atoms with Crippen molar-refractivity contribution in [2.75, 3.05) is 27.4 Å². The normalized spacial score (nSPS) is 15.0. The molecule has 188 valence electrons. The molecule has 4 rings (SSSR count). The van der Waals surface area contributed by atoms with Gasteiger partial charge < -0.3 is 18.9 Å². The van der Waals surface area contributed by atoms with Crippen molar-refractivity contribution in [2.24, 2.45) is 4.99 Å². The Balaban J connectivity index is 1.90. The molecule has 1 atom stereocenters. The van der Waals surface area contributed by atoms with Gasteiger partial charge in [0.05, 0.1) is 43.6 Å². The summed E-state index contributed by atoms with van der Waals surface area (Å²) in [6.07, 6.45) is 3.27. The lowest BCUT2D eigenvalue weighted by Crippen LogP contribution is -2.39. The minimum Gasteiger partial charge on any atom is -0.496 e. The third kappa shape index (κ3) is 4.79. The number of hydrogen-bond donors (Lipinski definition) is 0. The highest BCUT2D eigenvalue weighted by Crippen LogP contribution is 2.35. The van der Waals surface area contributed by atoms with Crippen LogP contribution < -0.4 is 29.1 Å². The van der Waals surface area contributed by atoms with Crippen LogP contribution >= 0.6 is 11.3 Å². The van der Waals surface area contributed by atoms with Crippen LogP contribution in [0.25, 0.3) is 6.08 Å². The van der Waals surface area contributed by atoms with Crippen LogP contribution in [0.1, 0.15) is 36.6 Å². The van der Waals surface area contributed by atoms with Crippen LogP contribution in [0.2, 0.25) is 0 Å². The highest BCUT2D eigenvalue weighted by atomic mass is 32.1. The number of esters is 1. The second kappa shape index (κ2) is 10.8. The molecule has 0 radical (unpaired) electrons. The molecule has 3 aromatic rings. The van der Waals surface area contributed by atoms with Gasteiger partial charge in [-0.15, -0.1) is 0 Å². The standard InChI is InChI=1S/C27H28N2O6S/c1-6-34-20-11-10-18(14-22(20)35-7-2)24-19(26(31)33-5)15-28-27-29(24)25(30)23(36-27)13-17-9-8-16(3)21(12-17)32-4/h8-15,24H,6-7H2,1-5H3/b23-13+/t24-/m0/s1. The fourth-order valence-corrected chi connectivity index (χ4v) is 5.03. The van der Waals surface area contributed by atoms with E-state index in [4.69, 9.17) is 18.9 Å². The number of methoxy groups -OCH3 is 2. The molecule has 9 heteroatoms. The van der Waals surface area contributed by atoms with Gasteiger partial charge in [-0.25, -0.2) is 9.79 Å². The molecule has 0 spiro atoms. The second-order valence-corrected chi connectivity index (χ2v) is 8.99. The van der Waals surface area contributed by atoms with Crippen LogP contribution in [0.3, 0.4) is 0 Å². The summed E-state index contributed by atoms with van der Waals surface area (Å²) in [5.41, 5.74) is 2.49. The van der Waals surface area contributed by atoms with E-state index in [1.165, 1.54) is 29.2 Å². The van der Waals surface area contributed by atoms with Gasteiger partial charge in [-0.1, -0.05) is 29.5 Å². The molecule has 1 aliphatic rings. The Morgan fingerprint density at radius 1 is 1.06 bits per heavy atom. The van der Waals surface area contributed by atoms with Gasteiger partial charge >= 0.3 is 5.97 Å². The maximum atomic E-state index is 13.7. The van der Waals surface area contributed by atoms with E-state index in [1.807, 2.05) is 45.0 Å². The molecule has 0 unspecified atom stereocenters. The zero-order valence-electron chi connectivity index (χ0n) is 20.9. The van der Waals surface area contributed by atoms with Crippen molar-refractivity contribution in [1.82, 2.24) is 4.57 Å². The summed E-state index contributed by atoms with van der Waals surface area (Å²) >= 11 is 1.25. The summed E-state index contributed by atoms with van der Waals surface area (Å²) in [6, 6.07) is 10.4. The highest BCUT2D eigenvalue weighted by Gasteiger charge is 2.31. The van der Waals surface area contributed by atoms with Gasteiger partial charge in [-0.05, 0) is 61.7 Å². The SMILES string of the molecule is CCOc1ccc([C@H]2C(C(=O)OC)=CN=c3s/c(=C/c4ccc(C)c(OC)c4)c(=O)n32)cc1OCC. The zero-order chi connectivity index (χ0) is 25.8. The van der Waals surface area contributed by atoms with Crippen molar-refractivity contribution in [3.8, 4) is 17.2 Å². The van der Waals surface area contributed by atoms with Crippen molar-refractivity contribution in [3.05, 3.63) is 84.5 Å². The smallest absolute Gasteiger partial charge is 0.337 e. The summed E-state index contributed by atoms with van der Waals surface area (Å²) in [5, 5.41) is 0. The van der Waals surface area contributed by atoms with Crippen LogP contribution in [0.15, 0.2) is 58.0 Å². The number of rotatable bonds is 8. The van der Waals surface area contributed by atoms with E-state index in [0.717, 1.165) is 16.9 Å². The number of hydrogen-bond acceptors (Lipinski definition) is 8. The van der Waals surface area contributed by atoms with Crippen molar-refractivity contribution in [2.45, 2.75) is 26.8 Å². The second-order valence-electron chi connectivity index (χ2n) is 7.98. The lowest BCUT2D eigenvalue weighted by molar-refractivity contribution is -0.136. The number of nitrogens with zero attached hydrogens (tertiary/aromatic N) is 2. The Bertz CT molecular complexity index is 1500. The van der Waals surface area contributed by atoms with Gasteiger partial charge in [-0.2, -0.15) is 0 Å². The lowest BCUT2D eigenvalue weighted by Gasteiger charge is -2.23. The predicted molar refractivity (Wildman–Crippen MR) is 138 cm³/mol. The van der Waals surface area contributed by atoms with E-state index in [1.54, 1.807) is 25.3 Å². The third-order valence-corrected chi connectivity index (χ3v) is 6.73. The van der Waals surface area contributed by atoms with E-state index < -0.39 is 12.0 Å². The highest BCUT2D eigenvalue weighted by molar-refractivity contribution is 7.07. The van der Waals surface area contributed by atoms with Gasteiger partial charge in [0, 0.05) is 6.20 Å². The first kappa shape index (κ1) is 25.2. The molecule has 2 heterocycles. The zero-order valence-corrected chi connectivity index (χ0v) is 21.7. The quantitative estimate of drug-likeness (QED) is 0.435. The molecule has 0 saturated carbocycles. The molecule has 2 aromatic carbocycles. The first-order chi connectivity index (χ1) is 17.4. The minimum absolute atomic E-state index is 0.250. The molecular formula is C27H28N2O6S. The average Bonchev–Trinajstić information content (AvgIpc) is 3.20. The summed E-state index contributed by atoms with van der Waals surface area (Å²) in [7, 11) is 2.92. The van der Waals surface area contributed by atoms with Gasteiger partial charge in [0.15, 0.2) is 16.3 Å². The number of carbonyl (C=O) groups is 1. The lowest BCUT2D eigenvalue weighted by atomic mass is 9.97. The monoisotopic (exact) mass is 508 g/mol. The fourth-order valence-electron chi connectivity index (χ4n) is 4.07. The molecule has 0 aliphatic carbocycles. The third-order valence-electron chi connectivity index (χ3n) is 5.74. The Labute approximate surface area is 212 Å².